The van der Waals surface area contributed by atoms with E-state index < -0.39 is 11.4 Å². The summed E-state index contributed by atoms with van der Waals surface area (Å²) in [6.07, 6.45) is 8.55. The third kappa shape index (κ3) is 6.10. The summed E-state index contributed by atoms with van der Waals surface area (Å²) in [5, 5.41) is 21.0. The van der Waals surface area contributed by atoms with Crippen LogP contribution >= 0.6 is 11.6 Å². The molecule has 1 aromatic heterocycles. The molecule has 0 radical (unpaired) electrons. The zero-order valence-electron chi connectivity index (χ0n) is 21.7. The van der Waals surface area contributed by atoms with E-state index in [1.165, 1.54) is 18.2 Å². The standard InChI is InChI=1S/C29H39ClFN5O/c1-19-23-11-21(15-32-14-20-7-9-28(2,37)10-8-20)12-29(19,13-23)18-35-26-25(31)17-34-27(36-26)33-16-22-5-3-4-6-24(22)30/h3-6,17,20-21,23,32,37H,1,7-16,18H2,2H3,(H2,33,34,35,36)/t20-,21-,23?,28+,29-/m1/s1. The molecule has 3 atom stereocenters. The van der Waals surface area contributed by atoms with Crippen molar-refractivity contribution in [3.8, 4) is 0 Å². The lowest BCUT2D eigenvalue weighted by Gasteiger charge is -2.57. The summed E-state index contributed by atoms with van der Waals surface area (Å²) in [6, 6.07) is 7.58. The first kappa shape index (κ1) is 26.4. The van der Waals surface area contributed by atoms with Gasteiger partial charge in [0.1, 0.15) is 0 Å². The Morgan fingerprint density at radius 3 is 2.65 bits per heavy atom. The summed E-state index contributed by atoms with van der Waals surface area (Å²) in [5.74, 6) is 1.94. The Morgan fingerprint density at radius 2 is 1.89 bits per heavy atom. The predicted octanol–water partition coefficient (Wildman–Crippen LogP) is 5.80. The quantitative estimate of drug-likeness (QED) is 0.292. The van der Waals surface area contributed by atoms with Crippen LogP contribution in [0.5, 0.6) is 0 Å². The Balaban J connectivity index is 1.12. The Morgan fingerprint density at radius 1 is 1.14 bits per heavy atom. The van der Waals surface area contributed by atoms with Crippen molar-refractivity contribution in [2.24, 2.45) is 23.2 Å². The summed E-state index contributed by atoms with van der Waals surface area (Å²) >= 11 is 6.23. The number of rotatable bonds is 10. The Kier molecular flexibility index (Phi) is 7.75. The number of aromatic nitrogens is 2. The van der Waals surface area contributed by atoms with Crippen LogP contribution in [-0.4, -0.2) is 40.3 Å². The lowest BCUT2D eigenvalue weighted by molar-refractivity contribution is 0.00749. The second kappa shape index (κ2) is 10.9. The summed E-state index contributed by atoms with van der Waals surface area (Å²) in [6.45, 7) is 9.49. The molecule has 1 unspecified atom stereocenters. The highest BCUT2D eigenvalue weighted by Gasteiger charge is 2.53. The molecule has 2 bridgehead atoms. The summed E-state index contributed by atoms with van der Waals surface area (Å²) in [5.41, 5.74) is 1.76. The molecule has 4 aliphatic carbocycles. The molecule has 8 heteroatoms. The molecule has 0 spiro atoms. The van der Waals surface area contributed by atoms with Crippen molar-refractivity contribution in [1.29, 1.82) is 0 Å². The molecule has 1 aromatic carbocycles. The number of hydrogen-bond donors (Lipinski definition) is 4. The second-order valence-corrected chi connectivity index (χ2v) is 12.2. The number of nitrogens with zero attached hydrogens (tertiary/aromatic N) is 2. The van der Waals surface area contributed by atoms with Gasteiger partial charge >= 0.3 is 0 Å². The SMILES string of the molecule is C=C1C2C[C@@H](CNC[C@H]3CC[C@@](C)(O)CC3)C[C@]1(CNc1nc(NCc3ccccc3Cl)ncc1F)C2. The second-order valence-electron chi connectivity index (χ2n) is 11.8. The zero-order valence-corrected chi connectivity index (χ0v) is 22.5. The molecular weight excluding hydrogens is 489 g/mol. The number of aliphatic hydroxyl groups is 1. The van der Waals surface area contributed by atoms with Gasteiger partial charge in [0.05, 0.1) is 11.8 Å². The summed E-state index contributed by atoms with van der Waals surface area (Å²) in [7, 11) is 0. The van der Waals surface area contributed by atoms with Gasteiger partial charge in [-0.05, 0) is 94.3 Å². The van der Waals surface area contributed by atoms with E-state index in [2.05, 4.69) is 32.5 Å². The van der Waals surface area contributed by atoms with Crippen LogP contribution in [0.1, 0.15) is 57.4 Å². The number of hydrogen-bond acceptors (Lipinski definition) is 6. The Labute approximate surface area is 224 Å². The normalized spacial score (nSPS) is 31.0. The van der Waals surface area contributed by atoms with Gasteiger partial charge in [-0.15, -0.1) is 0 Å². The third-order valence-electron chi connectivity index (χ3n) is 8.89. The highest BCUT2D eigenvalue weighted by Crippen LogP contribution is 2.60. The van der Waals surface area contributed by atoms with Gasteiger partial charge in [0.2, 0.25) is 5.95 Å². The number of anilines is 2. The monoisotopic (exact) mass is 527 g/mol. The van der Waals surface area contributed by atoms with Crippen molar-refractivity contribution in [2.45, 2.75) is 64.0 Å². The van der Waals surface area contributed by atoms with Crippen LogP contribution in [0, 0.1) is 29.0 Å². The first-order valence-corrected chi connectivity index (χ1v) is 14.0. The molecule has 4 fully saturated rings. The third-order valence-corrected chi connectivity index (χ3v) is 9.26. The molecule has 0 amide bonds. The zero-order chi connectivity index (χ0) is 26.0. The van der Waals surface area contributed by atoms with Crippen LogP contribution in [0.2, 0.25) is 5.02 Å². The molecule has 6 rings (SSSR count). The minimum atomic E-state index is -0.476. The van der Waals surface area contributed by atoms with E-state index in [4.69, 9.17) is 11.6 Å². The van der Waals surface area contributed by atoms with Crippen molar-refractivity contribution < 1.29 is 9.50 Å². The topological polar surface area (TPSA) is 82.1 Å². The minimum absolute atomic E-state index is 0.00134. The van der Waals surface area contributed by atoms with E-state index in [1.54, 1.807) is 0 Å². The average Bonchev–Trinajstić information content (AvgIpc) is 2.89. The van der Waals surface area contributed by atoms with E-state index in [0.717, 1.165) is 57.2 Å². The van der Waals surface area contributed by atoms with Gasteiger partial charge in [0, 0.05) is 23.5 Å². The van der Waals surface area contributed by atoms with E-state index in [-0.39, 0.29) is 11.2 Å². The van der Waals surface area contributed by atoms with Crippen molar-refractivity contribution in [3.05, 3.63) is 59.0 Å². The molecule has 0 aliphatic heterocycles. The fourth-order valence-corrected chi connectivity index (χ4v) is 6.76. The maximum atomic E-state index is 14.6. The number of benzene rings is 1. The Hall–Kier alpha value is -2.22. The van der Waals surface area contributed by atoms with Crippen molar-refractivity contribution in [3.63, 3.8) is 0 Å². The molecule has 6 nitrogen and oxygen atoms in total. The molecule has 200 valence electrons. The maximum absolute atomic E-state index is 14.6. The van der Waals surface area contributed by atoms with Gasteiger partial charge in [-0.3, -0.25) is 0 Å². The summed E-state index contributed by atoms with van der Waals surface area (Å²) < 4.78 is 14.6. The van der Waals surface area contributed by atoms with Gasteiger partial charge in [0.15, 0.2) is 11.6 Å². The largest absolute Gasteiger partial charge is 0.390 e. The fraction of sp³-hybridized carbons (Fsp3) is 0.586. The number of halogens is 2. The van der Waals surface area contributed by atoms with E-state index in [9.17, 15) is 9.50 Å². The van der Waals surface area contributed by atoms with E-state index in [1.807, 2.05) is 31.2 Å². The minimum Gasteiger partial charge on any atom is -0.390 e. The van der Waals surface area contributed by atoms with Gasteiger partial charge in [0.25, 0.3) is 0 Å². The Bertz CT molecular complexity index is 1120. The van der Waals surface area contributed by atoms with Gasteiger partial charge in [-0.1, -0.05) is 42.0 Å². The van der Waals surface area contributed by atoms with Gasteiger partial charge in [-0.2, -0.15) is 4.98 Å². The van der Waals surface area contributed by atoms with E-state index >= 15 is 0 Å². The molecule has 1 heterocycles. The maximum Gasteiger partial charge on any atom is 0.225 e. The van der Waals surface area contributed by atoms with Crippen LogP contribution < -0.4 is 16.0 Å². The van der Waals surface area contributed by atoms with Crippen LogP contribution in [-0.2, 0) is 6.54 Å². The lowest BCUT2D eigenvalue weighted by Crippen LogP contribution is -2.52. The molecule has 4 saturated carbocycles. The van der Waals surface area contributed by atoms with Gasteiger partial charge in [-0.25, -0.2) is 9.37 Å². The smallest absolute Gasteiger partial charge is 0.225 e. The lowest BCUT2D eigenvalue weighted by atomic mass is 9.48. The highest BCUT2D eigenvalue weighted by molar-refractivity contribution is 6.31. The van der Waals surface area contributed by atoms with Crippen molar-refractivity contribution in [2.75, 3.05) is 30.3 Å². The van der Waals surface area contributed by atoms with E-state index in [0.29, 0.717) is 41.8 Å². The molecule has 4 N–H and O–H groups in total. The van der Waals surface area contributed by atoms with Crippen molar-refractivity contribution >= 4 is 23.4 Å². The van der Waals surface area contributed by atoms with Crippen LogP contribution in [0.3, 0.4) is 0 Å². The first-order chi connectivity index (χ1) is 17.7. The molecule has 2 aromatic rings. The molecular formula is C29H39ClFN5O. The van der Waals surface area contributed by atoms with Crippen LogP contribution in [0.4, 0.5) is 16.2 Å². The first-order valence-electron chi connectivity index (χ1n) is 13.6. The van der Waals surface area contributed by atoms with Gasteiger partial charge < -0.3 is 21.1 Å². The predicted molar refractivity (Wildman–Crippen MR) is 147 cm³/mol. The molecule has 4 aliphatic rings. The highest BCUT2D eigenvalue weighted by atomic mass is 35.5. The average molecular weight is 528 g/mol. The number of fused-ring (bicyclic) bond motifs is 2. The molecule has 37 heavy (non-hydrogen) atoms. The number of nitrogens with one attached hydrogen (secondary N) is 3. The van der Waals surface area contributed by atoms with Crippen LogP contribution in [0.15, 0.2) is 42.6 Å². The van der Waals surface area contributed by atoms with Crippen LogP contribution in [0.25, 0.3) is 0 Å². The van der Waals surface area contributed by atoms with Crippen molar-refractivity contribution in [1.82, 2.24) is 15.3 Å². The summed E-state index contributed by atoms with van der Waals surface area (Å²) in [4.78, 5) is 8.49. The fourth-order valence-electron chi connectivity index (χ4n) is 6.56. The molecule has 0 saturated heterocycles.